The van der Waals surface area contributed by atoms with Crippen LogP contribution in [0.4, 0.5) is 5.69 Å². The van der Waals surface area contributed by atoms with Gasteiger partial charge in [0.2, 0.25) is 0 Å². The van der Waals surface area contributed by atoms with Crippen molar-refractivity contribution in [1.82, 2.24) is 4.90 Å². The molecular formula is C11H18N2S2. The van der Waals surface area contributed by atoms with Gasteiger partial charge in [0, 0.05) is 6.54 Å². The summed E-state index contributed by atoms with van der Waals surface area (Å²) in [5.41, 5.74) is 2.24. The molecule has 2 nitrogen and oxygen atoms in total. The zero-order valence-electron chi connectivity index (χ0n) is 9.59. The molecule has 0 unspecified atom stereocenters. The van der Waals surface area contributed by atoms with Crippen LogP contribution in [0.15, 0.2) is 0 Å². The minimum atomic E-state index is 0.839. The fraction of sp³-hybridized carbons (Fsp3) is 0.636. The van der Waals surface area contributed by atoms with E-state index in [-0.39, 0.29) is 0 Å². The Morgan fingerprint density at radius 2 is 1.93 bits per heavy atom. The van der Waals surface area contributed by atoms with Crippen molar-refractivity contribution in [3.63, 3.8) is 0 Å². The molecule has 1 aromatic rings. The predicted octanol–water partition coefficient (Wildman–Crippen LogP) is 3.08. The maximum atomic E-state index is 5.16. The van der Waals surface area contributed by atoms with Crippen molar-refractivity contribution < 1.29 is 0 Å². The van der Waals surface area contributed by atoms with Crippen molar-refractivity contribution in [2.75, 3.05) is 32.0 Å². The Hall–Kier alpha value is -0.320. The summed E-state index contributed by atoms with van der Waals surface area (Å²) < 4.78 is 1.70. The van der Waals surface area contributed by atoms with Crippen LogP contribution in [0, 0.1) is 15.9 Å². The Kier molecular flexibility index (Phi) is 4.83. The van der Waals surface area contributed by atoms with Crippen LogP contribution in [0.2, 0.25) is 0 Å². The van der Waals surface area contributed by atoms with Gasteiger partial charge in [-0.2, -0.15) is 0 Å². The molecule has 0 saturated carbocycles. The molecule has 4 heteroatoms. The molecule has 15 heavy (non-hydrogen) atoms. The van der Waals surface area contributed by atoms with Crippen molar-refractivity contribution in [1.29, 1.82) is 0 Å². The highest BCUT2D eigenvalue weighted by Crippen LogP contribution is 2.24. The molecule has 0 fully saturated rings. The lowest BCUT2D eigenvalue weighted by Crippen LogP contribution is -2.21. The second-order valence-corrected chi connectivity index (χ2v) is 4.65. The van der Waals surface area contributed by atoms with Gasteiger partial charge in [-0.3, -0.25) is 0 Å². The van der Waals surface area contributed by atoms with E-state index in [2.05, 4.69) is 24.2 Å². The van der Waals surface area contributed by atoms with Crippen LogP contribution in [0.25, 0.3) is 0 Å². The quantitative estimate of drug-likeness (QED) is 0.609. The van der Waals surface area contributed by atoms with Gasteiger partial charge in [-0.1, -0.05) is 31.4 Å². The molecule has 1 aromatic carbocycles. The zero-order valence-corrected chi connectivity index (χ0v) is 11.2. The lowest BCUT2D eigenvalue weighted by atomic mass is 10.1. The largest absolute Gasteiger partial charge is 0.384 e. The monoisotopic (exact) mass is 242 g/mol. The average Bonchev–Trinajstić information content (AvgIpc) is 2.27. The molecule has 0 radical (unpaired) electrons. The minimum absolute atomic E-state index is 0.839. The molecule has 1 rings (SSSR count). The topological polar surface area (TPSA) is 15.3 Å². The Morgan fingerprint density at radius 3 is 2.47 bits per heavy atom. The highest BCUT2D eigenvalue weighted by molar-refractivity contribution is 7.74. The number of anilines is 1. The molecule has 0 saturated heterocycles. The summed E-state index contributed by atoms with van der Waals surface area (Å²) in [5.74, 6) is 0. The van der Waals surface area contributed by atoms with Gasteiger partial charge in [0.15, 0.2) is 0 Å². The number of hydrogen-bond donors (Lipinski definition) is 1. The SMILES string of the molecule is CCN(C)CCCNc1c(C)c(=S)c1=S. The highest BCUT2D eigenvalue weighted by atomic mass is 32.1. The molecule has 0 heterocycles. The maximum Gasteiger partial charge on any atom is 0.0795 e. The summed E-state index contributed by atoms with van der Waals surface area (Å²) in [6, 6.07) is 0. The van der Waals surface area contributed by atoms with E-state index in [1.54, 1.807) is 0 Å². The van der Waals surface area contributed by atoms with Crippen LogP contribution < -0.4 is 5.32 Å². The second-order valence-electron chi connectivity index (χ2n) is 3.83. The van der Waals surface area contributed by atoms with E-state index >= 15 is 0 Å². The summed E-state index contributed by atoms with van der Waals surface area (Å²) in [5, 5.41) is 3.35. The van der Waals surface area contributed by atoms with Gasteiger partial charge in [-0.05, 0) is 39.0 Å². The lowest BCUT2D eigenvalue weighted by Gasteiger charge is -2.16. The van der Waals surface area contributed by atoms with E-state index in [1.165, 1.54) is 0 Å². The normalized spacial score (nSPS) is 11.2. The van der Waals surface area contributed by atoms with E-state index < -0.39 is 0 Å². The number of nitrogens with one attached hydrogen (secondary N) is 1. The summed E-state index contributed by atoms with van der Waals surface area (Å²) in [7, 11) is 2.13. The number of nitrogens with zero attached hydrogens (tertiary/aromatic N) is 1. The highest BCUT2D eigenvalue weighted by Gasteiger charge is 2.08. The van der Waals surface area contributed by atoms with Crippen LogP contribution in [-0.2, 0) is 0 Å². The van der Waals surface area contributed by atoms with Crippen molar-refractivity contribution in [3.05, 3.63) is 14.6 Å². The maximum absolute atomic E-state index is 5.16. The van der Waals surface area contributed by atoms with E-state index in [0.29, 0.717) is 0 Å². The van der Waals surface area contributed by atoms with E-state index in [9.17, 15) is 0 Å². The third kappa shape index (κ3) is 3.06. The van der Waals surface area contributed by atoms with E-state index in [4.69, 9.17) is 24.4 Å². The van der Waals surface area contributed by atoms with Crippen molar-refractivity contribution in [3.8, 4) is 0 Å². The smallest absolute Gasteiger partial charge is 0.0795 e. The molecule has 0 aliphatic rings. The summed E-state index contributed by atoms with van der Waals surface area (Å²) >= 11 is 10.3. The van der Waals surface area contributed by atoms with Crippen molar-refractivity contribution >= 4 is 30.1 Å². The fourth-order valence-corrected chi connectivity index (χ4v) is 2.02. The Balaban J connectivity index is 2.28. The molecule has 0 bridgehead atoms. The van der Waals surface area contributed by atoms with Crippen LogP contribution >= 0.6 is 24.4 Å². The van der Waals surface area contributed by atoms with Gasteiger partial charge in [0.1, 0.15) is 0 Å². The summed E-state index contributed by atoms with van der Waals surface area (Å²) in [4.78, 5) is 2.30. The third-order valence-corrected chi connectivity index (χ3v) is 3.75. The van der Waals surface area contributed by atoms with Gasteiger partial charge < -0.3 is 10.2 Å². The zero-order chi connectivity index (χ0) is 11.4. The minimum Gasteiger partial charge on any atom is -0.384 e. The molecule has 0 amide bonds. The van der Waals surface area contributed by atoms with Crippen LogP contribution in [0.3, 0.4) is 0 Å². The van der Waals surface area contributed by atoms with Crippen LogP contribution in [0.5, 0.6) is 0 Å². The van der Waals surface area contributed by atoms with E-state index in [1.807, 2.05) is 6.92 Å². The van der Waals surface area contributed by atoms with Gasteiger partial charge in [-0.25, -0.2) is 0 Å². The van der Waals surface area contributed by atoms with E-state index in [0.717, 1.165) is 46.3 Å². The van der Waals surface area contributed by atoms with Gasteiger partial charge in [0.25, 0.3) is 0 Å². The number of hydrogen-bond acceptors (Lipinski definition) is 4. The first kappa shape index (κ1) is 12.7. The van der Waals surface area contributed by atoms with Crippen molar-refractivity contribution in [2.24, 2.45) is 0 Å². The predicted molar refractivity (Wildman–Crippen MR) is 71.5 cm³/mol. The first-order valence-electron chi connectivity index (χ1n) is 5.30. The summed E-state index contributed by atoms with van der Waals surface area (Å²) in [6.07, 6.45) is 1.14. The van der Waals surface area contributed by atoms with Crippen LogP contribution in [-0.4, -0.2) is 31.6 Å². The fourth-order valence-electron chi connectivity index (χ4n) is 1.44. The van der Waals surface area contributed by atoms with Gasteiger partial charge in [-0.15, -0.1) is 0 Å². The molecule has 0 atom stereocenters. The lowest BCUT2D eigenvalue weighted by molar-refractivity contribution is 0.351. The molecule has 0 aliphatic carbocycles. The van der Waals surface area contributed by atoms with Gasteiger partial charge in [0.05, 0.1) is 14.7 Å². The Labute approximate surface area is 102 Å². The van der Waals surface area contributed by atoms with Crippen molar-refractivity contribution in [2.45, 2.75) is 20.3 Å². The molecule has 84 valence electrons. The number of rotatable bonds is 6. The van der Waals surface area contributed by atoms with Crippen LogP contribution in [0.1, 0.15) is 18.9 Å². The first-order chi connectivity index (χ1) is 7.07. The molecule has 0 aromatic heterocycles. The molecule has 0 aliphatic heterocycles. The summed E-state index contributed by atoms with van der Waals surface area (Å²) in [6.45, 7) is 7.38. The molecule has 1 N–H and O–H groups in total. The Bertz CT molecular complexity index is 391. The molecule has 0 spiro atoms. The second kappa shape index (κ2) is 5.68. The third-order valence-electron chi connectivity index (χ3n) is 2.71. The standard InChI is InChI=1S/C11H18N2S2/c1-4-13(3)7-5-6-12-9-8(2)10(14)11(9)15/h12H,4-7H2,1-3H3. The average molecular weight is 242 g/mol. The first-order valence-corrected chi connectivity index (χ1v) is 6.12. The van der Waals surface area contributed by atoms with Gasteiger partial charge >= 0.3 is 0 Å². The molecular weight excluding hydrogens is 224 g/mol. The Morgan fingerprint density at radius 1 is 1.27 bits per heavy atom.